The first-order valence-corrected chi connectivity index (χ1v) is 9.49. The third-order valence-corrected chi connectivity index (χ3v) is 4.68. The number of carbonyl (C=O) groups excluding carboxylic acids is 3. The predicted octanol–water partition coefficient (Wildman–Crippen LogP) is 3.24. The van der Waals surface area contributed by atoms with Crippen molar-refractivity contribution in [2.24, 2.45) is 11.8 Å². The van der Waals surface area contributed by atoms with E-state index in [9.17, 15) is 14.4 Å². The zero-order chi connectivity index (χ0) is 19.3. The van der Waals surface area contributed by atoms with E-state index in [1.165, 1.54) is 10.5 Å². The summed E-state index contributed by atoms with van der Waals surface area (Å²) in [5, 5.41) is 3.06. The molecular weight excluding hydrogens is 328 g/mol. The summed E-state index contributed by atoms with van der Waals surface area (Å²) in [5.74, 6) is 0.359. The van der Waals surface area contributed by atoms with Crippen LogP contribution in [0.25, 0.3) is 0 Å². The van der Waals surface area contributed by atoms with Gasteiger partial charge in [0.05, 0.1) is 6.04 Å². The summed E-state index contributed by atoms with van der Waals surface area (Å²) in [5.41, 5.74) is 2.37. The molecule has 1 atom stereocenters. The Morgan fingerprint density at radius 3 is 2.12 bits per heavy atom. The fraction of sp³-hybridized carbons (Fsp3) is 0.571. The first-order valence-electron chi connectivity index (χ1n) is 9.49. The summed E-state index contributed by atoms with van der Waals surface area (Å²) in [7, 11) is 0. The van der Waals surface area contributed by atoms with E-state index in [0.717, 1.165) is 12.0 Å². The van der Waals surface area contributed by atoms with Crippen LogP contribution in [0.5, 0.6) is 0 Å². The van der Waals surface area contributed by atoms with E-state index in [4.69, 9.17) is 0 Å². The van der Waals surface area contributed by atoms with Crippen LogP contribution in [-0.2, 0) is 20.8 Å². The van der Waals surface area contributed by atoms with Crippen molar-refractivity contribution in [3.63, 3.8) is 0 Å². The van der Waals surface area contributed by atoms with E-state index in [1.807, 2.05) is 0 Å². The molecule has 0 aliphatic carbocycles. The highest BCUT2D eigenvalue weighted by Crippen LogP contribution is 2.23. The van der Waals surface area contributed by atoms with Crippen LogP contribution >= 0.6 is 0 Å². The zero-order valence-corrected chi connectivity index (χ0v) is 16.2. The number of hydrogen-bond acceptors (Lipinski definition) is 3. The molecule has 1 aromatic rings. The molecule has 1 aromatic carbocycles. The van der Waals surface area contributed by atoms with Gasteiger partial charge >= 0.3 is 0 Å². The Hall–Kier alpha value is -2.17. The maximum absolute atomic E-state index is 12.4. The minimum absolute atomic E-state index is 0.0828. The Labute approximate surface area is 156 Å². The van der Waals surface area contributed by atoms with E-state index in [0.29, 0.717) is 5.92 Å². The fourth-order valence-electron chi connectivity index (χ4n) is 3.30. The molecule has 1 heterocycles. The normalized spacial score (nSPS) is 15.8. The van der Waals surface area contributed by atoms with Gasteiger partial charge in [0, 0.05) is 25.8 Å². The van der Waals surface area contributed by atoms with E-state index in [1.54, 1.807) is 0 Å². The molecule has 3 amide bonds. The highest BCUT2D eigenvalue weighted by molar-refractivity contribution is 6.02. The molecule has 0 bridgehead atoms. The lowest BCUT2D eigenvalue weighted by atomic mass is 9.93. The summed E-state index contributed by atoms with van der Waals surface area (Å²) in [6.45, 7) is 8.70. The van der Waals surface area contributed by atoms with Crippen molar-refractivity contribution in [1.29, 1.82) is 0 Å². The lowest BCUT2D eigenvalue weighted by molar-refractivity contribution is -0.138. The first kappa shape index (κ1) is 20.1. The molecule has 0 saturated carbocycles. The van der Waals surface area contributed by atoms with E-state index >= 15 is 0 Å². The van der Waals surface area contributed by atoms with Crippen molar-refractivity contribution in [2.75, 3.05) is 6.54 Å². The van der Waals surface area contributed by atoms with Gasteiger partial charge in [0.1, 0.15) is 0 Å². The van der Waals surface area contributed by atoms with E-state index in [2.05, 4.69) is 57.3 Å². The van der Waals surface area contributed by atoms with Crippen molar-refractivity contribution in [3.05, 3.63) is 35.4 Å². The van der Waals surface area contributed by atoms with E-state index in [-0.39, 0.29) is 55.5 Å². The molecule has 1 saturated heterocycles. The second-order valence-corrected chi connectivity index (χ2v) is 7.82. The van der Waals surface area contributed by atoms with Gasteiger partial charge in [0.25, 0.3) is 0 Å². The second kappa shape index (κ2) is 8.97. The predicted molar refractivity (Wildman–Crippen MR) is 101 cm³/mol. The molecule has 142 valence electrons. The Balaban J connectivity index is 1.95. The van der Waals surface area contributed by atoms with Gasteiger partial charge in [-0.1, -0.05) is 52.0 Å². The quantitative estimate of drug-likeness (QED) is 0.726. The Kier molecular flexibility index (Phi) is 6.95. The highest BCUT2D eigenvalue weighted by Gasteiger charge is 2.29. The molecule has 0 radical (unpaired) electrons. The summed E-state index contributed by atoms with van der Waals surface area (Å²) in [6, 6.07) is 8.32. The number of carbonyl (C=O) groups is 3. The number of hydrogen-bond donors (Lipinski definition) is 1. The molecule has 26 heavy (non-hydrogen) atoms. The van der Waals surface area contributed by atoms with Crippen molar-refractivity contribution in [1.82, 2.24) is 10.2 Å². The van der Waals surface area contributed by atoms with Crippen LogP contribution in [0.1, 0.15) is 64.1 Å². The van der Waals surface area contributed by atoms with Crippen molar-refractivity contribution in [2.45, 2.75) is 59.4 Å². The zero-order valence-electron chi connectivity index (χ0n) is 16.2. The number of imide groups is 1. The third kappa shape index (κ3) is 5.41. The largest absolute Gasteiger partial charge is 0.349 e. The molecular formula is C21H30N2O3. The van der Waals surface area contributed by atoms with Crippen LogP contribution in [0.2, 0.25) is 0 Å². The van der Waals surface area contributed by atoms with Crippen molar-refractivity contribution >= 4 is 17.7 Å². The average molecular weight is 358 g/mol. The lowest BCUT2D eigenvalue weighted by Crippen LogP contribution is -2.36. The standard InChI is InChI=1S/C21H30N2O3/c1-14(2)13-16-5-7-17(8-6-16)21(15(3)4)22-18(24)11-12-23-19(25)9-10-20(23)26/h5-8,14-15,21H,9-13H2,1-4H3,(H,22,24). The molecule has 5 nitrogen and oxygen atoms in total. The first-order chi connectivity index (χ1) is 12.3. The van der Waals surface area contributed by atoms with Crippen LogP contribution in [0, 0.1) is 11.8 Å². The number of nitrogens with one attached hydrogen (secondary N) is 1. The SMILES string of the molecule is CC(C)Cc1ccc(C(NC(=O)CCN2C(=O)CCC2=O)C(C)C)cc1. The molecule has 1 N–H and O–H groups in total. The van der Waals surface area contributed by atoms with Gasteiger partial charge in [0.2, 0.25) is 17.7 Å². The minimum atomic E-state index is -0.177. The third-order valence-electron chi connectivity index (χ3n) is 4.68. The summed E-state index contributed by atoms with van der Waals surface area (Å²) >= 11 is 0. The van der Waals surface area contributed by atoms with Crippen LogP contribution < -0.4 is 5.32 Å². The molecule has 0 spiro atoms. The highest BCUT2D eigenvalue weighted by atomic mass is 16.2. The van der Waals surface area contributed by atoms with Crippen molar-refractivity contribution in [3.8, 4) is 0 Å². The Morgan fingerprint density at radius 2 is 1.62 bits per heavy atom. The molecule has 1 aliphatic rings. The van der Waals surface area contributed by atoms with Crippen LogP contribution in [0.15, 0.2) is 24.3 Å². The maximum Gasteiger partial charge on any atom is 0.229 e. The average Bonchev–Trinajstić information content (AvgIpc) is 2.89. The number of likely N-dealkylation sites (tertiary alicyclic amines) is 1. The van der Waals surface area contributed by atoms with Gasteiger partial charge in [-0.15, -0.1) is 0 Å². The van der Waals surface area contributed by atoms with Gasteiger partial charge in [-0.2, -0.15) is 0 Å². The van der Waals surface area contributed by atoms with Crippen molar-refractivity contribution < 1.29 is 14.4 Å². The Morgan fingerprint density at radius 1 is 1.04 bits per heavy atom. The van der Waals surface area contributed by atoms with Gasteiger partial charge < -0.3 is 5.32 Å². The minimum Gasteiger partial charge on any atom is -0.349 e. The molecule has 1 unspecified atom stereocenters. The molecule has 2 rings (SSSR count). The van der Waals surface area contributed by atoms with Crippen LogP contribution in [-0.4, -0.2) is 29.2 Å². The monoisotopic (exact) mass is 358 g/mol. The van der Waals surface area contributed by atoms with Gasteiger partial charge in [-0.05, 0) is 29.4 Å². The van der Waals surface area contributed by atoms with Crippen LogP contribution in [0.4, 0.5) is 0 Å². The number of nitrogens with zero attached hydrogens (tertiary/aromatic N) is 1. The van der Waals surface area contributed by atoms with E-state index < -0.39 is 0 Å². The molecule has 0 aromatic heterocycles. The smallest absolute Gasteiger partial charge is 0.229 e. The lowest BCUT2D eigenvalue weighted by Gasteiger charge is -2.24. The maximum atomic E-state index is 12.4. The Bertz CT molecular complexity index is 634. The summed E-state index contributed by atoms with van der Waals surface area (Å²) in [6.07, 6.45) is 1.71. The number of benzene rings is 1. The van der Waals surface area contributed by atoms with Gasteiger partial charge in [-0.3, -0.25) is 19.3 Å². The fourth-order valence-corrected chi connectivity index (χ4v) is 3.30. The van der Waals surface area contributed by atoms with Gasteiger partial charge in [-0.25, -0.2) is 0 Å². The second-order valence-electron chi connectivity index (χ2n) is 7.82. The van der Waals surface area contributed by atoms with Crippen LogP contribution in [0.3, 0.4) is 0 Å². The van der Waals surface area contributed by atoms with Gasteiger partial charge in [0.15, 0.2) is 0 Å². The number of rotatable bonds is 8. The molecule has 5 heteroatoms. The molecule has 1 fully saturated rings. The topological polar surface area (TPSA) is 66.5 Å². The summed E-state index contributed by atoms with van der Waals surface area (Å²) in [4.78, 5) is 36.8. The number of amides is 3. The molecule has 1 aliphatic heterocycles. The summed E-state index contributed by atoms with van der Waals surface area (Å²) < 4.78 is 0.